The molecule has 0 aliphatic rings. The van der Waals surface area contributed by atoms with Crippen LogP contribution in [0.2, 0.25) is 0 Å². The lowest BCUT2D eigenvalue weighted by atomic mass is 10.6. The molecule has 0 N–H and O–H groups in total. The van der Waals surface area contributed by atoms with E-state index < -0.39 is 0 Å². The highest BCUT2D eigenvalue weighted by molar-refractivity contribution is 4.75. The molecule has 0 aromatic heterocycles. The number of hydrogen-bond donors (Lipinski definition) is 0. The van der Waals surface area contributed by atoms with E-state index >= 15 is 0 Å². The Bertz CT molecular complexity index is 79.0. The molecule has 0 heterocycles. The second kappa shape index (κ2) is 5.79. The van der Waals surface area contributed by atoms with Gasteiger partial charge in [0.15, 0.2) is 0 Å². The Balaban J connectivity index is 2.91. The molecule has 54 valence electrons. The largest absolute Gasteiger partial charge is 0.362 e. The summed E-state index contributed by atoms with van der Waals surface area (Å²) in [6.07, 6.45) is 3.97. The van der Waals surface area contributed by atoms with Crippen molar-refractivity contribution in [2.45, 2.75) is 6.92 Å². The SMILES string of the molecule is C/C=C\COCN(C)C. The molecule has 2 heteroatoms. The van der Waals surface area contributed by atoms with Gasteiger partial charge in [0.05, 0.1) is 13.3 Å². The molecule has 0 fully saturated rings. The summed E-state index contributed by atoms with van der Waals surface area (Å²) in [4.78, 5) is 1.99. The predicted molar refractivity (Wildman–Crippen MR) is 39.3 cm³/mol. The van der Waals surface area contributed by atoms with Crippen molar-refractivity contribution in [3.63, 3.8) is 0 Å². The Hall–Kier alpha value is -0.340. The Kier molecular flexibility index (Phi) is 5.57. The fourth-order valence-corrected chi connectivity index (χ4v) is 0.400. The second-order valence-corrected chi connectivity index (χ2v) is 2.15. The zero-order valence-electron chi connectivity index (χ0n) is 6.42. The minimum Gasteiger partial charge on any atom is -0.362 e. The molecule has 0 amide bonds. The number of allylic oxidation sites excluding steroid dienone is 1. The van der Waals surface area contributed by atoms with Gasteiger partial charge >= 0.3 is 0 Å². The van der Waals surface area contributed by atoms with E-state index in [0.717, 1.165) is 0 Å². The van der Waals surface area contributed by atoms with Gasteiger partial charge in [0.25, 0.3) is 0 Å². The average molecular weight is 129 g/mol. The molecule has 0 unspecified atom stereocenters. The summed E-state index contributed by atoms with van der Waals surface area (Å²) in [5, 5.41) is 0. The summed E-state index contributed by atoms with van der Waals surface area (Å²) in [5.74, 6) is 0. The summed E-state index contributed by atoms with van der Waals surface area (Å²) in [5.41, 5.74) is 0. The zero-order chi connectivity index (χ0) is 7.11. The molecule has 0 aliphatic heterocycles. The summed E-state index contributed by atoms with van der Waals surface area (Å²) in [6, 6.07) is 0. The van der Waals surface area contributed by atoms with Crippen LogP contribution in [-0.2, 0) is 4.74 Å². The minimum absolute atomic E-state index is 0.699. The zero-order valence-corrected chi connectivity index (χ0v) is 6.42. The van der Waals surface area contributed by atoms with Gasteiger partial charge in [-0.1, -0.05) is 12.2 Å². The number of nitrogens with zero attached hydrogens (tertiary/aromatic N) is 1. The van der Waals surface area contributed by atoms with E-state index in [-0.39, 0.29) is 0 Å². The first-order chi connectivity index (χ1) is 4.27. The third-order valence-corrected chi connectivity index (χ3v) is 0.799. The molecule has 0 radical (unpaired) electrons. The molecule has 0 atom stereocenters. The van der Waals surface area contributed by atoms with Crippen LogP contribution in [-0.4, -0.2) is 32.3 Å². The molecule has 9 heavy (non-hydrogen) atoms. The summed E-state index contributed by atoms with van der Waals surface area (Å²) in [6.45, 7) is 3.40. The van der Waals surface area contributed by atoms with Crippen LogP contribution in [0.5, 0.6) is 0 Å². The number of hydrogen-bond acceptors (Lipinski definition) is 2. The van der Waals surface area contributed by atoms with Crippen molar-refractivity contribution in [3.8, 4) is 0 Å². The van der Waals surface area contributed by atoms with Crippen LogP contribution in [0.15, 0.2) is 12.2 Å². The van der Waals surface area contributed by atoms with Crippen molar-refractivity contribution in [2.24, 2.45) is 0 Å². The van der Waals surface area contributed by atoms with Crippen LogP contribution in [0.3, 0.4) is 0 Å². The van der Waals surface area contributed by atoms with Crippen molar-refractivity contribution < 1.29 is 4.74 Å². The summed E-state index contributed by atoms with van der Waals surface area (Å²) >= 11 is 0. The maximum absolute atomic E-state index is 5.17. The summed E-state index contributed by atoms with van der Waals surface area (Å²) in [7, 11) is 3.96. The Morgan fingerprint density at radius 3 is 2.56 bits per heavy atom. The predicted octanol–water partition coefficient (Wildman–Crippen LogP) is 1.10. The van der Waals surface area contributed by atoms with Gasteiger partial charge in [0, 0.05) is 0 Å². The Labute approximate surface area is 57.1 Å². The van der Waals surface area contributed by atoms with Crippen molar-refractivity contribution in [1.29, 1.82) is 0 Å². The fourth-order valence-electron chi connectivity index (χ4n) is 0.400. The van der Waals surface area contributed by atoms with Crippen molar-refractivity contribution >= 4 is 0 Å². The van der Waals surface area contributed by atoms with E-state index in [1.165, 1.54) is 0 Å². The fraction of sp³-hybridized carbons (Fsp3) is 0.714. The third-order valence-electron chi connectivity index (χ3n) is 0.799. The van der Waals surface area contributed by atoms with Crippen LogP contribution in [0, 0.1) is 0 Å². The normalized spacial score (nSPS) is 11.6. The lowest BCUT2D eigenvalue weighted by Crippen LogP contribution is -2.15. The van der Waals surface area contributed by atoms with Crippen LogP contribution >= 0.6 is 0 Å². The molecule has 0 aromatic rings. The first-order valence-electron chi connectivity index (χ1n) is 3.11. The van der Waals surface area contributed by atoms with E-state index in [2.05, 4.69) is 0 Å². The van der Waals surface area contributed by atoms with Crippen LogP contribution < -0.4 is 0 Å². The quantitative estimate of drug-likeness (QED) is 0.320. The van der Waals surface area contributed by atoms with Crippen LogP contribution in [0.25, 0.3) is 0 Å². The monoisotopic (exact) mass is 129 g/mol. The molecule has 0 saturated heterocycles. The molecule has 0 rings (SSSR count). The van der Waals surface area contributed by atoms with Gasteiger partial charge in [-0.15, -0.1) is 0 Å². The van der Waals surface area contributed by atoms with Crippen LogP contribution in [0.1, 0.15) is 6.92 Å². The minimum atomic E-state index is 0.699. The molecule has 0 saturated carbocycles. The Morgan fingerprint density at radius 2 is 2.11 bits per heavy atom. The molecule has 0 aromatic carbocycles. The maximum atomic E-state index is 5.17. The molecular weight excluding hydrogens is 114 g/mol. The number of rotatable bonds is 4. The molecule has 0 spiro atoms. The molecular formula is C7H15NO. The van der Waals surface area contributed by atoms with E-state index in [9.17, 15) is 0 Å². The van der Waals surface area contributed by atoms with Gasteiger partial charge < -0.3 is 4.74 Å². The lowest BCUT2D eigenvalue weighted by Gasteiger charge is -2.07. The van der Waals surface area contributed by atoms with Gasteiger partial charge in [0.1, 0.15) is 0 Å². The van der Waals surface area contributed by atoms with E-state index in [0.29, 0.717) is 13.3 Å². The molecule has 0 bridgehead atoms. The molecule has 2 nitrogen and oxygen atoms in total. The van der Waals surface area contributed by atoms with Gasteiger partial charge in [-0.3, -0.25) is 4.90 Å². The maximum Gasteiger partial charge on any atom is 0.0989 e. The highest BCUT2D eigenvalue weighted by Crippen LogP contribution is 1.78. The summed E-state index contributed by atoms with van der Waals surface area (Å²) < 4.78 is 5.17. The Morgan fingerprint density at radius 1 is 1.44 bits per heavy atom. The van der Waals surface area contributed by atoms with Gasteiger partial charge in [0.2, 0.25) is 0 Å². The van der Waals surface area contributed by atoms with Gasteiger partial charge in [-0.05, 0) is 21.0 Å². The van der Waals surface area contributed by atoms with Crippen molar-refractivity contribution in [3.05, 3.63) is 12.2 Å². The number of ether oxygens (including phenoxy) is 1. The first kappa shape index (κ1) is 8.66. The van der Waals surface area contributed by atoms with Crippen molar-refractivity contribution in [1.82, 2.24) is 4.90 Å². The van der Waals surface area contributed by atoms with Crippen LogP contribution in [0.4, 0.5) is 0 Å². The van der Waals surface area contributed by atoms with E-state index in [1.807, 2.05) is 38.1 Å². The third kappa shape index (κ3) is 7.66. The lowest BCUT2D eigenvalue weighted by molar-refractivity contribution is 0.0749. The topological polar surface area (TPSA) is 12.5 Å². The molecule has 0 aliphatic carbocycles. The van der Waals surface area contributed by atoms with Gasteiger partial charge in [-0.2, -0.15) is 0 Å². The standard InChI is InChI=1S/C7H15NO/c1-4-5-6-9-7-8(2)3/h4-5H,6-7H2,1-3H3/b5-4-. The first-order valence-corrected chi connectivity index (χ1v) is 3.11. The van der Waals surface area contributed by atoms with Crippen molar-refractivity contribution in [2.75, 3.05) is 27.4 Å². The van der Waals surface area contributed by atoms with E-state index in [4.69, 9.17) is 4.74 Å². The highest BCUT2D eigenvalue weighted by Gasteiger charge is 1.84. The highest BCUT2D eigenvalue weighted by atomic mass is 16.5. The van der Waals surface area contributed by atoms with Gasteiger partial charge in [-0.25, -0.2) is 0 Å². The second-order valence-electron chi connectivity index (χ2n) is 2.15. The average Bonchev–Trinajstić information content (AvgIpc) is 1.80. The smallest absolute Gasteiger partial charge is 0.0989 e. The van der Waals surface area contributed by atoms with E-state index in [1.54, 1.807) is 0 Å².